The molecule has 3 aromatic carbocycles. The highest BCUT2D eigenvalue weighted by Gasteiger charge is 2.10. The molecule has 0 bridgehead atoms. The monoisotopic (exact) mass is 558 g/mol. The third kappa shape index (κ3) is 5.27. The van der Waals surface area contributed by atoms with Crippen molar-refractivity contribution < 1.29 is 4.74 Å². The largest absolute Gasteiger partial charge is 0.488 e. The summed E-state index contributed by atoms with van der Waals surface area (Å²) >= 11 is 15.6. The Morgan fingerprint density at radius 1 is 1.09 bits per heavy atom. The molecule has 1 aromatic heterocycles. The molecule has 0 saturated carbocycles. The van der Waals surface area contributed by atoms with Gasteiger partial charge in [-0.05, 0) is 55.0 Å². The quantitative estimate of drug-likeness (QED) is 0.260. The standard InChI is InChI=1S/C25H21BrCl2N4O2/c1-15-30-23-9-6-18(26)11-20(23)25(33)32(15)29-13-17-5-7-19(31(2)3)12-24(17)34-14-16-4-8-21(27)22(28)10-16/h4-13H,14H2,1-3H3. The minimum absolute atomic E-state index is 0.247. The molecule has 4 rings (SSSR count). The fraction of sp³-hybridized carbons (Fsp3) is 0.160. The van der Waals surface area contributed by atoms with Crippen LogP contribution in [0.25, 0.3) is 10.9 Å². The maximum absolute atomic E-state index is 13.0. The lowest BCUT2D eigenvalue weighted by atomic mass is 10.2. The lowest BCUT2D eigenvalue weighted by Crippen LogP contribution is -2.20. The number of aromatic nitrogens is 2. The molecule has 0 aliphatic carbocycles. The van der Waals surface area contributed by atoms with Crippen LogP contribution in [0.3, 0.4) is 0 Å². The molecular weight excluding hydrogens is 539 g/mol. The smallest absolute Gasteiger partial charge is 0.282 e. The third-order valence-corrected chi connectivity index (χ3v) is 6.41. The normalized spacial score (nSPS) is 11.4. The van der Waals surface area contributed by atoms with Gasteiger partial charge in [-0.3, -0.25) is 4.79 Å². The fourth-order valence-corrected chi connectivity index (χ4v) is 4.02. The molecule has 0 aliphatic heterocycles. The number of hydrogen-bond donors (Lipinski definition) is 0. The Hall–Kier alpha value is -2.87. The van der Waals surface area contributed by atoms with Crippen molar-refractivity contribution in [1.82, 2.24) is 9.66 Å². The van der Waals surface area contributed by atoms with Crippen molar-refractivity contribution in [1.29, 1.82) is 0 Å². The Morgan fingerprint density at radius 3 is 2.62 bits per heavy atom. The Labute approximate surface area is 215 Å². The van der Waals surface area contributed by atoms with Gasteiger partial charge in [0.1, 0.15) is 18.2 Å². The summed E-state index contributed by atoms with van der Waals surface area (Å²) in [4.78, 5) is 19.5. The number of halogens is 3. The maximum atomic E-state index is 13.0. The van der Waals surface area contributed by atoms with Gasteiger partial charge in [0.2, 0.25) is 0 Å². The summed E-state index contributed by atoms with van der Waals surface area (Å²) < 4.78 is 8.21. The van der Waals surface area contributed by atoms with Gasteiger partial charge in [-0.15, -0.1) is 0 Å². The van der Waals surface area contributed by atoms with E-state index in [0.29, 0.717) is 44.7 Å². The Balaban J connectivity index is 1.70. The molecule has 0 atom stereocenters. The second-order valence-electron chi connectivity index (χ2n) is 7.84. The summed E-state index contributed by atoms with van der Waals surface area (Å²) in [6.07, 6.45) is 1.60. The van der Waals surface area contributed by atoms with Crippen LogP contribution in [0.5, 0.6) is 5.75 Å². The van der Waals surface area contributed by atoms with E-state index in [-0.39, 0.29) is 5.56 Å². The van der Waals surface area contributed by atoms with E-state index in [9.17, 15) is 4.79 Å². The first kappa shape index (κ1) is 24.3. The highest BCUT2D eigenvalue weighted by atomic mass is 79.9. The molecule has 0 aliphatic rings. The van der Waals surface area contributed by atoms with Crippen LogP contribution in [0.2, 0.25) is 10.0 Å². The molecule has 4 aromatic rings. The van der Waals surface area contributed by atoms with Gasteiger partial charge in [0.25, 0.3) is 5.56 Å². The van der Waals surface area contributed by atoms with Gasteiger partial charge in [0.15, 0.2) is 0 Å². The molecule has 34 heavy (non-hydrogen) atoms. The first-order valence-corrected chi connectivity index (χ1v) is 11.9. The third-order valence-electron chi connectivity index (χ3n) is 5.17. The molecule has 9 heteroatoms. The Kier molecular flexibility index (Phi) is 7.26. The van der Waals surface area contributed by atoms with E-state index in [4.69, 9.17) is 27.9 Å². The first-order valence-electron chi connectivity index (χ1n) is 10.3. The number of rotatable bonds is 6. The van der Waals surface area contributed by atoms with Gasteiger partial charge in [-0.1, -0.05) is 45.2 Å². The van der Waals surface area contributed by atoms with Crippen LogP contribution >= 0.6 is 39.1 Å². The highest BCUT2D eigenvalue weighted by Crippen LogP contribution is 2.27. The predicted molar refractivity (Wildman–Crippen MR) is 143 cm³/mol. The zero-order valence-corrected chi connectivity index (χ0v) is 21.8. The van der Waals surface area contributed by atoms with Gasteiger partial charge >= 0.3 is 0 Å². The van der Waals surface area contributed by atoms with E-state index in [1.54, 1.807) is 37.4 Å². The number of fused-ring (bicyclic) bond motifs is 1. The average molecular weight is 560 g/mol. The molecule has 0 unspecified atom stereocenters. The molecular formula is C25H21BrCl2N4O2. The van der Waals surface area contributed by atoms with E-state index < -0.39 is 0 Å². The predicted octanol–water partition coefficient (Wildman–Crippen LogP) is 6.30. The Morgan fingerprint density at radius 2 is 1.88 bits per heavy atom. The van der Waals surface area contributed by atoms with Crippen molar-refractivity contribution in [3.8, 4) is 5.75 Å². The number of aryl methyl sites for hydroxylation is 1. The van der Waals surface area contributed by atoms with Crippen LogP contribution < -0.4 is 15.2 Å². The van der Waals surface area contributed by atoms with Gasteiger partial charge < -0.3 is 9.64 Å². The lowest BCUT2D eigenvalue weighted by molar-refractivity contribution is 0.306. The SMILES string of the molecule is Cc1nc2ccc(Br)cc2c(=O)n1N=Cc1ccc(N(C)C)cc1OCc1ccc(Cl)c(Cl)c1. The van der Waals surface area contributed by atoms with Crippen LogP contribution in [0.1, 0.15) is 17.0 Å². The van der Waals surface area contributed by atoms with E-state index in [1.165, 1.54) is 4.68 Å². The molecule has 0 N–H and O–H groups in total. The average Bonchev–Trinajstić information content (AvgIpc) is 2.80. The number of benzene rings is 3. The number of nitrogens with zero attached hydrogens (tertiary/aromatic N) is 4. The van der Waals surface area contributed by atoms with Crippen molar-refractivity contribution in [2.24, 2.45) is 5.10 Å². The summed E-state index contributed by atoms with van der Waals surface area (Å²) in [6.45, 7) is 2.04. The topological polar surface area (TPSA) is 59.7 Å². The van der Waals surface area contributed by atoms with Crippen molar-refractivity contribution in [2.45, 2.75) is 13.5 Å². The summed E-state index contributed by atoms with van der Waals surface area (Å²) in [5, 5.41) is 5.88. The van der Waals surface area contributed by atoms with Crippen LogP contribution in [-0.2, 0) is 6.61 Å². The minimum atomic E-state index is -0.247. The number of ether oxygens (including phenoxy) is 1. The zero-order valence-electron chi connectivity index (χ0n) is 18.7. The van der Waals surface area contributed by atoms with Crippen molar-refractivity contribution >= 4 is 61.9 Å². The minimum Gasteiger partial charge on any atom is -0.488 e. The molecule has 0 spiro atoms. The van der Waals surface area contributed by atoms with Gasteiger partial charge in [0, 0.05) is 35.9 Å². The Bertz CT molecular complexity index is 1470. The van der Waals surface area contributed by atoms with Crippen LogP contribution in [0, 0.1) is 6.92 Å². The van der Waals surface area contributed by atoms with E-state index >= 15 is 0 Å². The summed E-state index contributed by atoms with van der Waals surface area (Å²) in [6, 6.07) is 16.5. The fourth-order valence-electron chi connectivity index (χ4n) is 3.34. The maximum Gasteiger partial charge on any atom is 0.282 e. The second-order valence-corrected chi connectivity index (χ2v) is 9.57. The molecule has 1 heterocycles. The van der Waals surface area contributed by atoms with Gasteiger partial charge in [0.05, 0.1) is 27.2 Å². The van der Waals surface area contributed by atoms with E-state index in [0.717, 1.165) is 15.7 Å². The summed E-state index contributed by atoms with van der Waals surface area (Å²) in [5.41, 5.74) is 2.93. The zero-order chi connectivity index (χ0) is 24.4. The summed E-state index contributed by atoms with van der Waals surface area (Å²) in [7, 11) is 3.90. The van der Waals surface area contributed by atoms with Gasteiger partial charge in [-0.2, -0.15) is 9.78 Å². The van der Waals surface area contributed by atoms with E-state index in [1.807, 2.05) is 49.3 Å². The first-order chi connectivity index (χ1) is 16.2. The van der Waals surface area contributed by atoms with Crippen molar-refractivity contribution in [3.05, 3.63) is 96.4 Å². The molecule has 0 amide bonds. The molecule has 174 valence electrons. The van der Waals surface area contributed by atoms with Gasteiger partial charge in [-0.25, -0.2) is 4.98 Å². The van der Waals surface area contributed by atoms with E-state index in [2.05, 4.69) is 26.0 Å². The summed E-state index contributed by atoms with van der Waals surface area (Å²) in [5.74, 6) is 1.10. The van der Waals surface area contributed by atoms with Crippen LogP contribution in [0.15, 0.2) is 69.0 Å². The molecule has 6 nitrogen and oxygen atoms in total. The number of anilines is 1. The molecule has 0 saturated heterocycles. The molecule has 0 radical (unpaired) electrons. The lowest BCUT2D eigenvalue weighted by Gasteiger charge is -2.16. The van der Waals surface area contributed by atoms with Crippen molar-refractivity contribution in [3.63, 3.8) is 0 Å². The number of hydrogen-bond acceptors (Lipinski definition) is 5. The van der Waals surface area contributed by atoms with Crippen LogP contribution in [0.4, 0.5) is 5.69 Å². The molecule has 0 fully saturated rings. The highest BCUT2D eigenvalue weighted by molar-refractivity contribution is 9.10. The van der Waals surface area contributed by atoms with Crippen molar-refractivity contribution in [2.75, 3.05) is 19.0 Å². The second kappa shape index (κ2) is 10.2. The van der Waals surface area contributed by atoms with Crippen LogP contribution in [-0.4, -0.2) is 30.0 Å².